The van der Waals surface area contributed by atoms with E-state index in [4.69, 9.17) is 22.1 Å². The molecule has 0 saturated heterocycles. The fraction of sp³-hybridized carbons (Fsp3) is 0.286. The molecule has 4 heteroatoms. The number of aryl methyl sites for hydroxylation is 1. The van der Waals surface area contributed by atoms with Crippen LogP contribution in [0, 0.1) is 0 Å². The molecule has 18 heavy (non-hydrogen) atoms. The lowest BCUT2D eigenvalue weighted by atomic mass is 10.1. The molecule has 1 atom stereocenters. The van der Waals surface area contributed by atoms with Crippen LogP contribution in [0.25, 0.3) is 0 Å². The smallest absolute Gasteiger partial charge is 0.120 e. The van der Waals surface area contributed by atoms with Gasteiger partial charge >= 0.3 is 0 Å². The van der Waals surface area contributed by atoms with E-state index in [0.29, 0.717) is 11.6 Å². The van der Waals surface area contributed by atoms with E-state index in [1.54, 1.807) is 17.4 Å². The predicted molar refractivity (Wildman–Crippen MR) is 77.6 cm³/mol. The quantitative estimate of drug-likeness (QED) is 0.875. The number of hydrogen-bond acceptors (Lipinski definition) is 3. The lowest BCUT2D eigenvalue weighted by Gasteiger charge is -2.12. The molecule has 0 radical (unpaired) electrons. The third-order valence-electron chi connectivity index (χ3n) is 2.60. The molecule has 0 spiro atoms. The van der Waals surface area contributed by atoms with Crippen LogP contribution in [0.3, 0.4) is 0 Å². The molecule has 1 unspecified atom stereocenters. The first-order valence-electron chi connectivity index (χ1n) is 5.90. The number of hydrogen-bond donors (Lipinski definition) is 1. The van der Waals surface area contributed by atoms with Crippen molar-refractivity contribution >= 4 is 22.9 Å². The highest BCUT2D eigenvalue weighted by molar-refractivity contribution is 7.09. The molecule has 2 rings (SSSR count). The minimum absolute atomic E-state index is 0.0473. The van der Waals surface area contributed by atoms with Crippen molar-refractivity contribution in [1.82, 2.24) is 0 Å². The van der Waals surface area contributed by atoms with Gasteiger partial charge in [-0.1, -0.05) is 23.7 Å². The first-order chi connectivity index (χ1) is 8.74. The van der Waals surface area contributed by atoms with Crippen LogP contribution in [-0.4, -0.2) is 12.6 Å². The lowest BCUT2D eigenvalue weighted by Crippen LogP contribution is -2.28. The van der Waals surface area contributed by atoms with Crippen LogP contribution in [-0.2, 0) is 6.42 Å². The molecule has 2 aromatic rings. The van der Waals surface area contributed by atoms with Gasteiger partial charge in [0.15, 0.2) is 0 Å². The van der Waals surface area contributed by atoms with Crippen molar-refractivity contribution in [3.8, 4) is 5.75 Å². The van der Waals surface area contributed by atoms with Gasteiger partial charge in [-0.05, 0) is 42.5 Å². The summed E-state index contributed by atoms with van der Waals surface area (Å²) in [5, 5.41) is 2.77. The summed E-state index contributed by atoms with van der Waals surface area (Å²) in [7, 11) is 0. The Labute approximate surface area is 116 Å². The van der Waals surface area contributed by atoms with Crippen LogP contribution in [0.1, 0.15) is 11.3 Å². The Kier molecular flexibility index (Phi) is 5.05. The van der Waals surface area contributed by atoms with Crippen molar-refractivity contribution in [3.63, 3.8) is 0 Å². The van der Waals surface area contributed by atoms with E-state index in [2.05, 4.69) is 17.5 Å². The van der Waals surface area contributed by atoms with Gasteiger partial charge in [-0.3, -0.25) is 0 Å². The molecule has 0 aliphatic carbocycles. The molecule has 0 aliphatic rings. The third kappa shape index (κ3) is 4.33. The largest absolute Gasteiger partial charge is 0.492 e. The molecular formula is C14H16ClNOS. The van der Waals surface area contributed by atoms with Gasteiger partial charge in [-0.25, -0.2) is 0 Å². The third-order valence-corrected chi connectivity index (χ3v) is 3.77. The van der Waals surface area contributed by atoms with E-state index in [1.165, 1.54) is 4.88 Å². The Balaban J connectivity index is 1.73. The van der Waals surface area contributed by atoms with E-state index in [0.717, 1.165) is 18.6 Å². The summed E-state index contributed by atoms with van der Waals surface area (Å²) in [6.07, 6.45) is 1.94. The second-order valence-corrected chi connectivity index (χ2v) is 5.62. The molecule has 1 heterocycles. The van der Waals surface area contributed by atoms with Crippen LogP contribution >= 0.6 is 22.9 Å². The summed E-state index contributed by atoms with van der Waals surface area (Å²) in [6, 6.07) is 11.6. The molecule has 96 valence electrons. The lowest BCUT2D eigenvalue weighted by molar-refractivity contribution is 0.282. The molecule has 0 bridgehead atoms. The normalized spacial score (nSPS) is 12.3. The monoisotopic (exact) mass is 281 g/mol. The molecule has 0 amide bonds. The zero-order chi connectivity index (χ0) is 12.8. The van der Waals surface area contributed by atoms with Crippen molar-refractivity contribution in [3.05, 3.63) is 51.7 Å². The van der Waals surface area contributed by atoms with Crippen molar-refractivity contribution in [2.45, 2.75) is 18.9 Å². The van der Waals surface area contributed by atoms with Crippen molar-refractivity contribution in [2.75, 3.05) is 6.61 Å². The van der Waals surface area contributed by atoms with Gasteiger partial charge in [0, 0.05) is 15.9 Å². The van der Waals surface area contributed by atoms with Gasteiger partial charge in [0.1, 0.15) is 12.4 Å². The summed E-state index contributed by atoms with van der Waals surface area (Å²) < 4.78 is 5.61. The van der Waals surface area contributed by atoms with E-state index < -0.39 is 0 Å². The highest BCUT2D eigenvalue weighted by Crippen LogP contribution is 2.17. The fourth-order valence-electron chi connectivity index (χ4n) is 1.63. The Morgan fingerprint density at radius 3 is 2.89 bits per heavy atom. The number of nitrogens with two attached hydrogens (primary N) is 1. The van der Waals surface area contributed by atoms with Crippen molar-refractivity contribution in [1.29, 1.82) is 0 Å². The molecule has 0 saturated carbocycles. The van der Waals surface area contributed by atoms with Crippen LogP contribution in [0.2, 0.25) is 5.02 Å². The zero-order valence-electron chi connectivity index (χ0n) is 10.0. The molecule has 1 aromatic carbocycles. The van der Waals surface area contributed by atoms with Gasteiger partial charge in [0.25, 0.3) is 0 Å². The summed E-state index contributed by atoms with van der Waals surface area (Å²) in [5.41, 5.74) is 6.02. The van der Waals surface area contributed by atoms with Gasteiger partial charge in [0.05, 0.1) is 0 Å². The topological polar surface area (TPSA) is 35.2 Å². The van der Waals surface area contributed by atoms with E-state index >= 15 is 0 Å². The number of halogens is 1. The minimum Gasteiger partial charge on any atom is -0.492 e. The average Bonchev–Trinajstić information content (AvgIpc) is 2.87. The van der Waals surface area contributed by atoms with E-state index in [-0.39, 0.29) is 6.04 Å². The second kappa shape index (κ2) is 6.78. The van der Waals surface area contributed by atoms with E-state index in [1.807, 2.05) is 18.2 Å². The summed E-state index contributed by atoms with van der Waals surface area (Å²) in [4.78, 5) is 1.37. The molecule has 0 fully saturated rings. The maximum absolute atomic E-state index is 6.02. The molecule has 1 aromatic heterocycles. The highest BCUT2D eigenvalue weighted by atomic mass is 35.5. The van der Waals surface area contributed by atoms with Crippen LogP contribution in [0.4, 0.5) is 0 Å². The number of rotatable bonds is 6. The average molecular weight is 282 g/mol. The minimum atomic E-state index is 0.0473. The predicted octanol–water partition coefficient (Wildman–Crippen LogP) is 3.74. The summed E-state index contributed by atoms with van der Waals surface area (Å²) in [6.45, 7) is 0.520. The van der Waals surface area contributed by atoms with Crippen molar-refractivity contribution < 1.29 is 4.74 Å². The van der Waals surface area contributed by atoms with Gasteiger partial charge in [0.2, 0.25) is 0 Å². The second-order valence-electron chi connectivity index (χ2n) is 4.15. The first kappa shape index (κ1) is 13.4. The Bertz CT molecular complexity index is 472. The number of thiophene rings is 1. The molecule has 0 aliphatic heterocycles. The Morgan fingerprint density at radius 2 is 2.17 bits per heavy atom. The van der Waals surface area contributed by atoms with Crippen LogP contribution in [0.15, 0.2) is 41.8 Å². The summed E-state index contributed by atoms with van der Waals surface area (Å²) >= 11 is 7.65. The highest BCUT2D eigenvalue weighted by Gasteiger charge is 2.05. The maximum atomic E-state index is 6.02. The number of benzene rings is 1. The molecule has 2 nitrogen and oxygen atoms in total. The zero-order valence-corrected chi connectivity index (χ0v) is 11.6. The fourth-order valence-corrected chi connectivity index (χ4v) is 2.53. The van der Waals surface area contributed by atoms with Crippen LogP contribution in [0.5, 0.6) is 5.75 Å². The SMILES string of the molecule is NC(CCc1cccs1)COc1cccc(Cl)c1. The van der Waals surface area contributed by atoms with E-state index in [9.17, 15) is 0 Å². The molecule has 2 N–H and O–H groups in total. The Morgan fingerprint density at radius 1 is 1.28 bits per heavy atom. The van der Waals surface area contributed by atoms with Crippen molar-refractivity contribution in [2.24, 2.45) is 5.73 Å². The first-order valence-corrected chi connectivity index (χ1v) is 7.16. The molecular weight excluding hydrogens is 266 g/mol. The van der Waals surface area contributed by atoms with Gasteiger partial charge in [-0.15, -0.1) is 11.3 Å². The summed E-state index contributed by atoms with van der Waals surface area (Å²) in [5.74, 6) is 0.772. The Hall–Kier alpha value is -1.03. The maximum Gasteiger partial charge on any atom is 0.120 e. The standard InChI is InChI=1S/C14H16ClNOS/c15-11-3-1-4-13(9-11)17-10-12(16)6-7-14-5-2-8-18-14/h1-5,8-9,12H,6-7,10,16H2. The van der Waals surface area contributed by atoms with Gasteiger partial charge in [-0.2, -0.15) is 0 Å². The van der Waals surface area contributed by atoms with Crippen LogP contribution < -0.4 is 10.5 Å². The number of ether oxygens (including phenoxy) is 1. The van der Waals surface area contributed by atoms with Gasteiger partial charge < -0.3 is 10.5 Å².